The Morgan fingerprint density at radius 1 is 1.22 bits per heavy atom. The van der Waals surface area contributed by atoms with E-state index < -0.39 is 0 Å². The molecule has 0 aromatic carbocycles. The molecule has 0 aromatic rings. The SMILES string of the molecule is CC(C)(C)CC(N)C1CCOC2(CCCCC2)C1. The minimum atomic E-state index is 0.205. The smallest absolute Gasteiger partial charge is 0.0685 e. The van der Waals surface area contributed by atoms with E-state index in [0.717, 1.165) is 13.0 Å². The number of hydrogen-bond donors (Lipinski definition) is 1. The minimum absolute atomic E-state index is 0.205. The third-order valence-electron chi connectivity index (χ3n) is 4.75. The quantitative estimate of drug-likeness (QED) is 0.810. The van der Waals surface area contributed by atoms with Crippen LogP contribution in [0.5, 0.6) is 0 Å². The van der Waals surface area contributed by atoms with Crippen LogP contribution >= 0.6 is 0 Å². The summed E-state index contributed by atoms with van der Waals surface area (Å²) in [6, 6.07) is 0.354. The highest BCUT2D eigenvalue weighted by atomic mass is 16.5. The first kappa shape index (κ1) is 14.3. The van der Waals surface area contributed by atoms with Crippen LogP contribution in [0.15, 0.2) is 0 Å². The summed E-state index contributed by atoms with van der Waals surface area (Å²) in [5.41, 5.74) is 7.02. The van der Waals surface area contributed by atoms with Gasteiger partial charge in [-0.2, -0.15) is 0 Å². The van der Waals surface area contributed by atoms with Crippen LogP contribution in [-0.4, -0.2) is 18.2 Å². The van der Waals surface area contributed by atoms with E-state index in [1.54, 1.807) is 0 Å². The Kier molecular flexibility index (Phi) is 4.38. The number of hydrogen-bond acceptors (Lipinski definition) is 2. The maximum absolute atomic E-state index is 6.47. The summed E-state index contributed by atoms with van der Waals surface area (Å²) in [6.45, 7) is 7.82. The zero-order valence-electron chi connectivity index (χ0n) is 12.5. The molecule has 1 aliphatic heterocycles. The van der Waals surface area contributed by atoms with Crippen molar-refractivity contribution in [1.29, 1.82) is 0 Å². The molecule has 2 heteroatoms. The largest absolute Gasteiger partial charge is 0.375 e. The average Bonchev–Trinajstić information content (AvgIpc) is 2.28. The fourth-order valence-electron chi connectivity index (χ4n) is 3.85. The van der Waals surface area contributed by atoms with Gasteiger partial charge in [-0.25, -0.2) is 0 Å². The Balaban J connectivity index is 1.93. The molecule has 0 amide bonds. The summed E-state index contributed by atoms with van der Waals surface area (Å²) in [4.78, 5) is 0. The Hall–Kier alpha value is -0.0800. The molecular formula is C16H31NO. The molecule has 1 aliphatic carbocycles. The van der Waals surface area contributed by atoms with Crippen molar-refractivity contribution in [2.75, 3.05) is 6.61 Å². The van der Waals surface area contributed by atoms with Gasteiger partial charge in [0.25, 0.3) is 0 Å². The number of ether oxygens (including phenoxy) is 1. The van der Waals surface area contributed by atoms with Gasteiger partial charge in [0.05, 0.1) is 5.60 Å². The van der Waals surface area contributed by atoms with Crippen molar-refractivity contribution in [3.05, 3.63) is 0 Å². The first-order chi connectivity index (χ1) is 8.40. The van der Waals surface area contributed by atoms with E-state index in [2.05, 4.69) is 20.8 Å². The van der Waals surface area contributed by atoms with Crippen molar-refractivity contribution in [2.45, 2.75) is 83.8 Å². The summed E-state index contributed by atoms with van der Waals surface area (Å²) in [7, 11) is 0. The molecule has 1 saturated heterocycles. The van der Waals surface area contributed by atoms with Crippen LogP contribution in [0.2, 0.25) is 0 Å². The molecule has 0 bridgehead atoms. The predicted molar refractivity (Wildman–Crippen MR) is 76.5 cm³/mol. The Morgan fingerprint density at radius 2 is 1.89 bits per heavy atom. The van der Waals surface area contributed by atoms with Crippen LogP contribution in [0.4, 0.5) is 0 Å². The topological polar surface area (TPSA) is 35.2 Å². The zero-order chi connectivity index (χ0) is 13.2. The van der Waals surface area contributed by atoms with E-state index in [9.17, 15) is 0 Å². The van der Waals surface area contributed by atoms with Crippen molar-refractivity contribution in [3.8, 4) is 0 Å². The van der Waals surface area contributed by atoms with Crippen molar-refractivity contribution in [3.63, 3.8) is 0 Å². The molecule has 2 atom stereocenters. The second-order valence-electron chi connectivity index (χ2n) is 7.77. The Morgan fingerprint density at radius 3 is 2.50 bits per heavy atom. The van der Waals surface area contributed by atoms with E-state index in [0.29, 0.717) is 17.4 Å². The molecule has 1 heterocycles. The van der Waals surface area contributed by atoms with E-state index in [4.69, 9.17) is 10.5 Å². The van der Waals surface area contributed by atoms with Gasteiger partial charge in [0.1, 0.15) is 0 Å². The van der Waals surface area contributed by atoms with Gasteiger partial charge in [-0.05, 0) is 43.4 Å². The molecule has 0 aromatic heterocycles. The Labute approximate surface area is 113 Å². The maximum Gasteiger partial charge on any atom is 0.0685 e. The molecule has 2 fully saturated rings. The highest BCUT2D eigenvalue weighted by molar-refractivity contribution is 4.93. The van der Waals surface area contributed by atoms with Crippen LogP contribution in [0, 0.1) is 11.3 Å². The molecule has 2 aliphatic rings. The second kappa shape index (κ2) is 5.50. The van der Waals surface area contributed by atoms with Crippen LogP contribution in [0.3, 0.4) is 0 Å². The van der Waals surface area contributed by atoms with Gasteiger partial charge < -0.3 is 10.5 Å². The third-order valence-corrected chi connectivity index (χ3v) is 4.75. The van der Waals surface area contributed by atoms with E-state index in [-0.39, 0.29) is 5.60 Å². The highest BCUT2D eigenvalue weighted by Gasteiger charge is 2.40. The molecule has 0 radical (unpaired) electrons. The third kappa shape index (κ3) is 3.71. The zero-order valence-corrected chi connectivity index (χ0v) is 12.5. The number of nitrogens with two attached hydrogens (primary N) is 1. The van der Waals surface area contributed by atoms with Crippen LogP contribution in [0.1, 0.15) is 72.1 Å². The van der Waals surface area contributed by atoms with Crippen molar-refractivity contribution >= 4 is 0 Å². The van der Waals surface area contributed by atoms with Gasteiger partial charge in [-0.15, -0.1) is 0 Å². The van der Waals surface area contributed by atoms with E-state index in [1.165, 1.54) is 44.9 Å². The summed E-state index contributed by atoms with van der Waals surface area (Å²) in [5, 5.41) is 0. The molecule has 2 rings (SSSR count). The van der Waals surface area contributed by atoms with Gasteiger partial charge in [-0.1, -0.05) is 40.0 Å². The molecule has 18 heavy (non-hydrogen) atoms. The fourth-order valence-corrected chi connectivity index (χ4v) is 3.85. The minimum Gasteiger partial charge on any atom is -0.375 e. The standard InChI is InChI=1S/C16H31NO/c1-15(2,3)12-14(17)13-7-10-18-16(11-13)8-5-4-6-9-16/h13-14H,4-12,17H2,1-3H3. The molecule has 2 N–H and O–H groups in total. The van der Waals surface area contributed by atoms with Gasteiger partial charge in [0, 0.05) is 12.6 Å². The average molecular weight is 253 g/mol. The van der Waals surface area contributed by atoms with Crippen LogP contribution in [-0.2, 0) is 4.74 Å². The lowest BCUT2D eigenvalue weighted by atomic mass is 9.72. The van der Waals surface area contributed by atoms with Crippen molar-refractivity contribution in [2.24, 2.45) is 17.1 Å². The molecule has 106 valence electrons. The van der Waals surface area contributed by atoms with Gasteiger partial charge in [-0.3, -0.25) is 0 Å². The summed E-state index contributed by atoms with van der Waals surface area (Å²) < 4.78 is 6.16. The van der Waals surface area contributed by atoms with Gasteiger partial charge in [0.15, 0.2) is 0 Å². The molecule has 2 nitrogen and oxygen atoms in total. The first-order valence-corrected chi connectivity index (χ1v) is 7.80. The molecular weight excluding hydrogens is 222 g/mol. The van der Waals surface area contributed by atoms with Gasteiger partial charge in [0.2, 0.25) is 0 Å². The van der Waals surface area contributed by atoms with Crippen LogP contribution < -0.4 is 5.73 Å². The summed E-state index contributed by atoms with van der Waals surface area (Å²) >= 11 is 0. The van der Waals surface area contributed by atoms with Gasteiger partial charge >= 0.3 is 0 Å². The molecule has 1 saturated carbocycles. The van der Waals surface area contributed by atoms with Crippen LogP contribution in [0.25, 0.3) is 0 Å². The maximum atomic E-state index is 6.47. The van der Waals surface area contributed by atoms with Crippen molar-refractivity contribution in [1.82, 2.24) is 0 Å². The lowest BCUT2D eigenvalue weighted by Gasteiger charge is -2.45. The second-order valence-corrected chi connectivity index (χ2v) is 7.77. The van der Waals surface area contributed by atoms with E-state index >= 15 is 0 Å². The molecule has 1 spiro atoms. The van der Waals surface area contributed by atoms with E-state index in [1.807, 2.05) is 0 Å². The van der Waals surface area contributed by atoms with Crippen molar-refractivity contribution < 1.29 is 4.74 Å². The normalized spacial score (nSPS) is 30.3. The fraction of sp³-hybridized carbons (Fsp3) is 1.00. The number of rotatable bonds is 2. The summed E-state index contributed by atoms with van der Waals surface area (Å²) in [6.07, 6.45) is 10.1. The lowest BCUT2D eigenvalue weighted by molar-refractivity contribution is -0.121. The monoisotopic (exact) mass is 253 g/mol. The molecule has 2 unspecified atom stereocenters. The summed E-state index contributed by atoms with van der Waals surface area (Å²) in [5.74, 6) is 0.677. The highest BCUT2D eigenvalue weighted by Crippen LogP contribution is 2.42. The lowest BCUT2D eigenvalue weighted by Crippen LogP contribution is -2.47. The first-order valence-electron chi connectivity index (χ1n) is 7.80. The predicted octanol–water partition coefficient (Wildman–Crippen LogP) is 3.88. The Bertz CT molecular complexity index is 257.